The Hall–Kier alpha value is -1.94. The van der Waals surface area contributed by atoms with Crippen molar-refractivity contribution in [2.75, 3.05) is 39.6 Å². The fourth-order valence-electron chi connectivity index (χ4n) is 11.2. The number of hydrogen-bond acceptors (Lipinski definition) is 15. The molecule has 0 aliphatic heterocycles. The molecule has 0 aliphatic carbocycles. The van der Waals surface area contributed by atoms with E-state index in [1.54, 1.807) is 0 Å². The molecule has 0 aromatic heterocycles. The second kappa shape index (κ2) is 64.7. The van der Waals surface area contributed by atoms with E-state index in [0.29, 0.717) is 25.7 Å². The van der Waals surface area contributed by atoms with E-state index >= 15 is 0 Å². The molecule has 5 atom stereocenters. The highest BCUT2D eigenvalue weighted by atomic mass is 31.2. The van der Waals surface area contributed by atoms with Gasteiger partial charge in [0, 0.05) is 25.7 Å². The van der Waals surface area contributed by atoms with Crippen molar-refractivity contribution in [2.45, 2.75) is 394 Å². The Balaban J connectivity index is 5.24. The van der Waals surface area contributed by atoms with Crippen LogP contribution in [-0.2, 0) is 65.4 Å². The molecular formula is C74H144O17P2. The first-order chi connectivity index (χ1) is 44.7. The molecule has 0 fully saturated rings. The zero-order valence-corrected chi connectivity index (χ0v) is 62.5. The summed E-state index contributed by atoms with van der Waals surface area (Å²) < 4.78 is 68.4. The zero-order chi connectivity index (χ0) is 68.7. The van der Waals surface area contributed by atoms with Crippen LogP contribution < -0.4 is 0 Å². The highest BCUT2D eigenvalue weighted by Gasteiger charge is 2.30. The Morgan fingerprint density at radius 1 is 0.290 bits per heavy atom. The predicted molar refractivity (Wildman–Crippen MR) is 377 cm³/mol. The quantitative estimate of drug-likeness (QED) is 0.0222. The highest BCUT2D eigenvalue weighted by molar-refractivity contribution is 7.47. The van der Waals surface area contributed by atoms with Crippen LogP contribution in [0.25, 0.3) is 0 Å². The molecule has 0 spiro atoms. The van der Waals surface area contributed by atoms with Gasteiger partial charge in [-0.15, -0.1) is 0 Å². The number of phosphoric acid groups is 2. The lowest BCUT2D eigenvalue weighted by Crippen LogP contribution is -2.30. The van der Waals surface area contributed by atoms with Crippen molar-refractivity contribution in [1.82, 2.24) is 0 Å². The Bertz CT molecular complexity index is 1820. The molecule has 0 aromatic carbocycles. The molecule has 0 rings (SSSR count). The molecule has 0 aliphatic rings. The lowest BCUT2D eigenvalue weighted by molar-refractivity contribution is -0.161. The van der Waals surface area contributed by atoms with Gasteiger partial charge >= 0.3 is 39.5 Å². The van der Waals surface area contributed by atoms with Crippen molar-refractivity contribution in [3.63, 3.8) is 0 Å². The van der Waals surface area contributed by atoms with E-state index in [1.165, 1.54) is 186 Å². The van der Waals surface area contributed by atoms with Gasteiger partial charge in [0.25, 0.3) is 0 Å². The number of aliphatic hydroxyl groups excluding tert-OH is 1. The maximum absolute atomic E-state index is 13.1. The summed E-state index contributed by atoms with van der Waals surface area (Å²) in [6.45, 7) is 11.9. The predicted octanol–water partition coefficient (Wildman–Crippen LogP) is 21.4. The number of unbranched alkanes of at least 4 members (excludes halogenated alkanes) is 40. The van der Waals surface area contributed by atoms with E-state index in [2.05, 4.69) is 48.5 Å². The summed E-state index contributed by atoms with van der Waals surface area (Å²) in [6, 6.07) is 0. The van der Waals surface area contributed by atoms with Gasteiger partial charge in [0.2, 0.25) is 0 Å². The Labute approximate surface area is 568 Å². The molecule has 0 heterocycles. The SMILES string of the molecule is CCCCCCCCCCCCC(=O)OC[C@H](COP(=O)(O)OC[C@H](O)COP(=O)(O)OC[C@@H](COC(=O)CCCCCCCCCCCCCCC(C)C)OC(=O)CCCCCCCCCCCCCCCCC(C)C)OC(=O)CCCCCCCCCCC(C)C. The third-order valence-electron chi connectivity index (χ3n) is 17.1. The van der Waals surface area contributed by atoms with Crippen LogP contribution in [0, 0.1) is 17.8 Å². The first kappa shape index (κ1) is 91.1. The number of hydrogen-bond donors (Lipinski definition) is 3. The fraction of sp³-hybridized carbons (Fsp3) is 0.946. The van der Waals surface area contributed by atoms with Gasteiger partial charge in [0.05, 0.1) is 26.4 Å². The van der Waals surface area contributed by atoms with Crippen LogP contribution in [0.1, 0.15) is 376 Å². The summed E-state index contributed by atoms with van der Waals surface area (Å²) in [7, 11) is -9.91. The van der Waals surface area contributed by atoms with E-state index in [4.69, 9.17) is 37.0 Å². The Kier molecular flexibility index (Phi) is 63.4. The van der Waals surface area contributed by atoms with Crippen molar-refractivity contribution in [3.8, 4) is 0 Å². The van der Waals surface area contributed by atoms with Crippen molar-refractivity contribution in [1.29, 1.82) is 0 Å². The van der Waals surface area contributed by atoms with Gasteiger partial charge in [0.1, 0.15) is 19.3 Å². The van der Waals surface area contributed by atoms with Gasteiger partial charge in [-0.05, 0) is 43.4 Å². The van der Waals surface area contributed by atoms with Crippen molar-refractivity contribution in [3.05, 3.63) is 0 Å². The summed E-state index contributed by atoms with van der Waals surface area (Å²) in [5.74, 6) is 0.174. The van der Waals surface area contributed by atoms with E-state index in [0.717, 1.165) is 108 Å². The molecule has 93 heavy (non-hydrogen) atoms. The number of phosphoric ester groups is 2. The summed E-state index contributed by atoms with van der Waals surface area (Å²) >= 11 is 0. The number of aliphatic hydroxyl groups is 1. The summed E-state index contributed by atoms with van der Waals surface area (Å²) in [5.41, 5.74) is 0. The van der Waals surface area contributed by atoms with E-state index < -0.39 is 97.5 Å². The van der Waals surface area contributed by atoms with Crippen molar-refractivity contribution in [2.24, 2.45) is 17.8 Å². The van der Waals surface area contributed by atoms with E-state index in [-0.39, 0.29) is 25.7 Å². The third-order valence-corrected chi connectivity index (χ3v) is 19.0. The molecule has 0 radical (unpaired) electrons. The van der Waals surface area contributed by atoms with Gasteiger partial charge in [-0.25, -0.2) is 9.13 Å². The monoisotopic (exact) mass is 1370 g/mol. The minimum atomic E-state index is -4.96. The maximum atomic E-state index is 13.1. The first-order valence-corrected chi connectivity index (χ1v) is 41.3. The van der Waals surface area contributed by atoms with Crippen LogP contribution in [-0.4, -0.2) is 96.7 Å². The molecule has 0 aromatic rings. The standard InChI is InChI=1S/C74H144O17P2/c1-8-9-10-11-12-13-26-34-41-48-55-71(76)84-62-70(91-74(79)58-51-44-37-30-29-33-40-47-54-67(6)7)64-89-93(82,83)87-60-68(75)59-86-92(80,81)88-63-69(61-85-72(77)56-49-42-35-27-22-19-18-21-25-32-39-46-53-66(4)5)90-73(78)57-50-43-36-28-23-17-15-14-16-20-24-31-38-45-52-65(2)3/h65-70,75H,8-64H2,1-7H3,(H,80,81)(H,82,83)/t68-,69-,70-/m1/s1. The average Bonchev–Trinajstić information content (AvgIpc) is 3.36. The van der Waals surface area contributed by atoms with Gasteiger partial charge in [0.15, 0.2) is 12.2 Å². The molecule has 0 amide bonds. The zero-order valence-electron chi connectivity index (χ0n) is 60.7. The van der Waals surface area contributed by atoms with Crippen LogP contribution in [0.5, 0.6) is 0 Å². The second-order valence-corrected chi connectivity index (χ2v) is 31.0. The summed E-state index contributed by atoms with van der Waals surface area (Å²) in [6.07, 6.45) is 49.9. The molecule has 2 unspecified atom stereocenters. The van der Waals surface area contributed by atoms with E-state index in [1.807, 2.05) is 0 Å². The number of rotatable bonds is 72. The normalized spacial score (nSPS) is 14.1. The van der Waals surface area contributed by atoms with Gasteiger partial charge < -0.3 is 33.8 Å². The molecule has 552 valence electrons. The maximum Gasteiger partial charge on any atom is 0.472 e. The number of carbonyl (C=O) groups excluding carboxylic acids is 4. The Morgan fingerprint density at radius 3 is 0.731 bits per heavy atom. The minimum absolute atomic E-state index is 0.104. The molecule has 0 saturated heterocycles. The Morgan fingerprint density at radius 2 is 0.495 bits per heavy atom. The largest absolute Gasteiger partial charge is 0.472 e. The summed E-state index contributed by atoms with van der Waals surface area (Å²) in [5, 5.41) is 10.6. The smallest absolute Gasteiger partial charge is 0.462 e. The van der Waals surface area contributed by atoms with Crippen molar-refractivity contribution >= 4 is 39.5 Å². The molecule has 3 N–H and O–H groups in total. The topological polar surface area (TPSA) is 237 Å². The number of carbonyl (C=O) groups is 4. The third kappa shape index (κ3) is 68.4. The first-order valence-electron chi connectivity index (χ1n) is 38.3. The average molecular weight is 1370 g/mol. The van der Waals surface area contributed by atoms with Crippen LogP contribution >= 0.6 is 15.6 Å². The number of ether oxygens (including phenoxy) is 4. The fourth-order valence-corrected chi connectivity index (χ4v) is 12.8. The van der Waals surface area contributed by atoms with Crippen LogP contribution in [0.2, 0.25) is 0 Å². The second-order valence-electron chi connectivity index (χ2n) is 28.1. The molecule has 0 bridgehead atoms. The lowest BCUT2D eigenvalue weighted by Gasteiger charge is -2.21. The van der Waals surface area contributed by atoms with Gasteiger partial charge in [-0.1, -0.05) is 325 Å². The van der Waals surface area contributed by atoms with Crippen LogP contribution in [0.3, 0.4) is 0 Å². The summed E-state index contributed by atoms with van der Waals surface area (Å²) in [4.78, 5) is 72.7. The minimum Gasteiger partial charge on any atom is -0.462 e. The van der Waals surface area contributed by atoms with Gasteiger partial charge in [-0.2, -0.15) is 0 Å². The van der Waals surface area contributed by atoms with Crippen LogP contribution in [0.4, 0.5) is 0 Å². The lowest BCUT2D eigenvalue weighted by atomic mass is 10.0. The highest BCUT2D eigenvalue weighted by Crippen LogP contribution is 2.45. The molecule has 17 nitrogen and oxygen atoms in total. The molecule has 0 saturated carbocycles. The molecule has 19 heteroatoms. The van der Waals surface area contributed by atoms with Crippen LogP contribution in [0.15, 0.2) is 0 Å². The van der Waals surface area contributed by atoms with Crippen molar-refractivity contribution < 1.29 is 80.2 Å². The van der Waals surface area contributed by atoms with Gasteiger partial charge in [-0.3, -0.25) is 37.3 Å². The van der Waals surface area contributed by atoms with E-state index in [9.17, 15) is 43.2 Å². The molecular weight excluding hydrogens is 1220 g/mol. The number of esters is 4.